The van der Waals surface area contributed by atoms with Gasteiger partial charge >= 0.3 is 0 Å². The Balaban J connectivity index is 2.35. The molecule has 19 heavy (non-hydrogen) atoms. The Hall–Kier alpha value is -1.81. The predicted molar refractivity (Wildman–Crippen MR) is 80.2 cm³/mol. The van der Waals surface area contributed by atoms with Gasteiger partial charge in [0.15, 0.2) is 0 Å². The molecule has 0 fully saturated rings. The number of nitrogens with two attached hydrogens (primary N) is 1. The molecule has 0 aliphatic heterocycles. The maximum Gasteiger partial charge on any atom is 0.127 e. The highest BCUT2D eigenvalue weighted by molar-refractivity contribution is 5.83. The van der Waals surface area contributed by atoms with E-state index >= 15 is 0 Å². The van der Waals surface area contributed by atoms with Crippen LogP contribution in [0.2, 0.25) is 0 Å². The molecule has 0 atom stereocenters. The number of anilines is 2. The minimum atomic E-state index is -0.856. The number of pyridine rings is 1. The normalized spacial score (nSPS) is 12.7. The summed E-state index contributed by atoms with van der Waals surface area (Å²) in [5.41, 5.74) is 6.01. The Morgan fingerprint density at radius 1 is 1.11 bits per heavy atom. The Morgan fingerprint density at radius 3 is 2.42 bits per heavy atom. The second-order valence-electron chi connectivity index (χ2n) is 5.96. The minimum absolute atomic E-state index is 0.485. The van der Waals surface area contributed by atoms with E-state index in [-0.39, 0.29) is 0 Å². The number of rotatable bonds is 3. The summed E-state index contributed by atoms with van der Waals surface area (Å²) in [5, 5.41) is 14.4. The Labute approximate surface area is 113 Å². The summed E-state index contributed by atoms with van der Waals surface area (Å²) in [6, 6.07) is 9.50. The van der Waals surface area contributed by atoms with Crippen LogP contribution in [0.4, 0.5) is 11.5 Å². The average molecular weight is 259 g/mol. The highest BCUT2D eigenvalue weighted by atomic mass is 16.3. The zero-order valence-electron chi connectivity index (χ0n) is 11.9. The molecule has 0 saturated carbocycles. The van der Waals surface area contributed by atoms with Crippen LogP contribution in [-0.2, 0) is 0 Å². The molecule has 1 aromatic heterocycles. The zero-order chi connectivity index (χ0) is 14.3. The molecular weight excluding hydrogens is 238 g/mol. The van der Waals surface area contributed by atoms with Crippen molar-refractivity contribution >= 4 is 22.4 Å². The quantitative estimate of drug-likeness (QED) is 0.741. The van der Waals surface area contributed by atoms with E-state index in [2.05, 4.69) is 10.3 Å². The van der Waals surface area contributed by atoms with Crippen LogP contribution in [0, 0.1) is 0 Å². The van der Waals surface area contributed by atoms with E-state index in [0.717, 1.165) is 22.4 Å². The second-order valence-corrected chi connectivity index (χ2v) is 5.96. The first-order valence-electron chi connectivity index (χ1n) is 6.36. The molecule has 0 aliphatic rings. The van der Waals surface area contributed by atoms with Gasteiger partial charge in [-0.05, 0) is 58.0 Å². The summed E-state index contributed by atoms with van der Waals surface area (Å²) in [7, 11) is 0. The molecule has 102 valence electrons. The maximum atomic E-state index is 10.1. The van der Waals surface area contributed by atoms with E-state index in [4.69, 9.17) is 5.73 Å². The van der Waals surface area contributed by atoms with Gasteiger partial charge in [-0.15, -0.1) is 0 Å². The molecule has 1 heterocycles. The smallest absolute Gasteiger partial charge is 0.127 e. The first kappa shape index (κ1) is 13.6. The number of hydrogen-bond donors (Lipinski definition) is 3. The van der Waals surface area contributed by atoms with Crippen molar-refractivity contribution in [2.45, 2.75) is 38.8 Å². The van der Waals surface area contributed by atoms with Crippen LogP contribution >= 0.6 is 0 Å². The molecule has 2 rings (SSSR count). The number of nitrogens with one attached hydrogen (secondary N) is 1. The predicted octanol–water partition coefficient (Wildman–Crippen LogP) is 2.78. The lowest BCUT2D eigenvalue weighted by molar-refractivity contribution is 0.0239. The minimum Gasteiger partial charge on any atom is -0.399 e. The van der Waals surface area contributed by atoms with Crippen molar-refractivity contribution in [1.82, 2.24) is 4.98 Å². The van der Waals surface area contributed by atoms with Crippen molar-refractivity contribution in [2.24, 2.45) is 0 Å². The highest BCUT2D eigenvalue weighted by Crippen LogP contribution is 2.26. The molecule has 1 aromatic carbocycles. The molecule has 0 aliphatic carbocycles. The summed E-state index contributed by atoms with van der Waals surface area (Å²) in [6.45, 7) is 7.45. The van der Waals surface area contributed by atoms with Crippen molar-refractivity contribution < 1.29 is 5.11 Å². The Bertz CT molecular complexity index is 600. The molecule has 4 N–H and O–H groups in total. The molecule has 4 nitrogen and oxygen atoms in total. The van der Waals surface area contributed by atoms with Gasteiger partial charge in [0.1, 0.15) is 5.82 Å². The van der Waals surface area contributed by atoms with Gasteiger partial charge in [-0.2, -0.15) is 0 Å². The number of aliphatic hydroxyl groups is 1. The van der Waals surface area contributed by atoms with Crippen molar-refractivity contribution in [3.8, 4) is 0 Å². The fourth-order valence-electron chi connectivity index (χ4n) is 1.69. The van der Waals surface area contributed by atoms with Crippen molar-refractivity contribution in [3.63, 3.8) is 0 Å². The van der Waals surface area contributed by atoms with Gasteiger partial charge in [0.2, 0.25) is 0 Å². The third-order valence-electron chi connectivity index (χ3n) is 3.68. The summed E-state index contributed by atoms with van der Waals surface area (Å²) in [4.78, 5) is 4.54. The first-order valence-corrected chi connectivity index (χ1v) is 6.36. The molecular formula is C15H21N3O. The van der Waals surface area contributed by atoms with E-state index in [1.54, 1.807) is 13.8 Å². The van der Waals surface area contributed by atoms with E-state index < -0.39 is 11.1 Å². The Kier molecular flexibility index (Phi) is 3.14. The van der Waals surface area contributed by atoms with Gasteiger partial charge in [-0.1, -0.05) is 0 Å². The monoisotopic (exact) mass is 259 g/mol. The van der Waals surface area contributed by atoms with E-state index in [1.807, 2.05) is 44.2 Å². The average Bonchev–Trinajstić information content (AvgIpc) is 2.27. The lowest BCUT2D eigenvalue weighted by Gasteiger charge is -2.38. The zero-order valence-corrected chi connectivity index (χ0v) is 11.9. The third kappa shape index (κ3) is 2.79. The highest BCUT2D eigenvalue weighted by Gasteiger charge is 2.35. The van der Waals surface area contributed by atoms with Crippen LogP contribution in [-0.4, -0.2) is 21.2 Å². The standard InChI is InChI=1S/C15H21N3O/c1-14(2,15(3,4)19)18-13-8-5-10-9-11(16)6-7-12(10)17-13/h5-9,19H,16H2,1-4H3,(H,17,18). The number of fused-ring (bicyclic) bond motifs is 1. The summed E-state index contributed by atoms with van der Waals surface area (Å²) >= 11 is 0. The summed E-state index contributed by atoms with van der Waals surface area (Å²) < 4.78 is 0. The van der Waals surface area contributed by atoms with Gasteiger partial charge in [0.25, 0.3) is 0 Å². The lowest BCUT2D eigenvalue weighted by Crippen LogP contribution is -2.51. The van der Waals surface area contributed by atoms with E-state index in [9.17, 15) is 5.11 Å². The summed E-state index contributed by atoms with van der Waals surface area (Å²) in [6.07, 6.45) is 0. The van der Waals surface area contributed by atoms with Crippen molar-refractivity contribution in [3.05, 3.63) is 30.3 Å². The fourth-order valence-corrected chi connectivity index (χ4v) is 1.69. The molecule has 4 heteroatoms. The first-order chi connectivity index (χ1) is 8.69. The number of aromatic nitrogens is 1. The van der Waals surface area contributed by atoms with Crippen LogP contribution < -0.4 is 11.1 Å². The van der Waals surface area contributed by atoms with Gasteiger partial charge in [0.05, 0.1) is 16.7 Å². The summed E-state index contributed by atoms with van der Waals surface area (Å²) in [5.74, 6) is 0.740. The van der Waals surface area contributed by atoms with Crippen LogP contribution in [0.1, 0.15) is 27.7 Å². The van der Waals surface area contributed by atoms with Gasteiger partial charge in [-0.25, -0.2) is 4.98 Å². The van der Waals surface area contributed by atoms with Crippen LogP contribution in [0.3, 0.4) is 0 Å². The number of nitrogens with zero attached hydrogens (tertiary/aromatic N) is 1. The molecule has 0 spiro atoms. The number of benzene rings is 1. The molecule has 0 bridgehead atoms. The molecule has 0 radical (unpaired) electrons. The van der Waals surface area contributed by atoms with Gasteiger partial charge < -0.3 is 16.2 Å². The molecule has 2 aromatic rings. The van der Waals surface area contributed by atoms with E-state index in [0.29, 0.717) is 0 Å². The van der Waals surface area contributed by atoms with Crippen molar-refractivity contribution in [1.29, 1.82) is 0 Å². The lowest BCUT2D eigenvalue weighted by atomic mass is 9.86. The van der Waals surface area contributed by atoms with Crippen LogP contribution in [0.25, 0.3) is 10.9 Å². The number of nitrogen functional groups attached to an aromatic ring is 1. The second kappa shape index (κ2) is 4.38. The maximum absolute atomic E-state index is 10.1. The third-order valence-corrected chi connectivity index (χ3v) is 3.68. The fraction of sp³-hybridized carbons (Fsp3) is 0.400. The molecule has 0 saturated heterocycles. The van der Waals surface area contributed by atoms with Crippen LogP contribution in [0.15, 0.2) is 30.3 Å². The SMILES string of the molecule is CC(C)(O)C(C)(C)Nc1ccc2cc(N)ccc2n1. The van der Waals surface area contributed by atoms with E-state index in [1.165, 1.54) is 0 Å². The molecule has 0 unspecified atom stereocenters. The largest absolute Gasteiger partial charge is 0.399 e. The topological polar surface area (TPSA) is 71.2 Å². The van der Waals surface area contributed by atoms with Crippen molar-refractivity contribution in [2.75, 3.05) is 11.1 Å². The van der Waals surface area contributed by atoms with Gasteiger partial charge in [0, 0.05) is 11.1 Å². The number of hydrogen-bond acceptors (Lipinski definition) is 4. The van der Waals surface area contributed by atoms with Crippen LogP contribution in [0.5, 0.6) is 0 Å². The molecule has 0 amide bonds. The Morgan fingerprint density at radius 2 is 1.79 bits per heavy atom. The van der Waals surface area contributed by atoms with Gasteiger partial charge in [-0.3, -0.25) is 0 Å².